The predicted octanol–water partition coefficient (Wildman–Crippen LogP) is 5.35. The maximum atomic E-state index is 12.3. The second kappa shape index (κ2) is 8.88. The minimum absolute atomic E-state index is 0.00386. The summed E-state index contributed by atoms with van der Waals surface area (Å²) in [7, 11) is -3.76. The molecule has 2 bridgehead atoms. The molecule has 4 nitrogen and oxygen atoms in total. The van der Waals surface area contributed by atoms with Gasteiger partial charge < -0.3 is 4.74 Å². The van der Waals surface area contributed by atoms with Crippen molar-refractivity contribution in [3.8, 4) is 5.75 Å². The summed E-state index contributed by atoms with van der Waals surface area (Å²) in [6.45, 7) is 8.81. The monoisotopic (exact) mass is 416 g/mol. The summed E-state index contributed by atoms with van der Waals surface area (Å²) in [5, 5.41) is 0. The Morgan fingerprint density at radius 1 is 0.897 bits per heavy atom. The van der Waals surface area contributed by atoms with Crippen molar-refractivity contribution in [3.05, 3.63) is 58.7 Å². The van der Waals surface area contributed by atoms with E-state index < -0.39 is 10.1 Å². The summed E-state index contributed by atoms with van der Waals surface area (Å²) in [6, 6.07) is 11.2. The second-order valence-electron chi connectivity index (χ2n) is 8.87. The van der Waals surface area contributed by atoms with Crippen LogP contribution in [-0.4, -0.2) is 21.6 Å². The summed E-state index contributed by atoms with van der Waals surface area (Å²) >= 11 is 0. The minimum atomic E-state index is -3.76. The fourth-order valence-electron chi connectivity index (χ4n) is 3.61. The predicted molar refractivity (Wildman–Crippen MR) is 116 cm³/mol. The maximum Gasteiger partial charge on any atom is 0.297 e. The Labute approximate surface area is 175 Å². The quantitative estimate of drug-likeness (QED) is 0.471. The van der Waals surface area contributed by atoms with Gasteiger partial charge in [0.1, 0.15) is 19.0 Å². The molecule has 0 heterocycles. The van der Waals surface area contributed by atoms with Crippen LogP contribution < -0.4 is 4.74 Å². The van der Waals surface area contributed by atoms with Gasteiger partial charge in [0, 0.05) is 0 Å². The highest BCUT2D eigenvalue weighted by atomic mass is 32.2. The molecule has 0 saturated carbocycles. The number of ether oxygens (including phenoxy) is 1. The van der Waals surface area contributed by atoms with Crippen molar-refractivity contribution in [1.82, 2.24) is 0 Å². The zero-order chi connectivity index (χ0) is 21.1. The Kier molecular flexibility index (Phi) is 6.69. The molecule has 29 heavy (non-hydrogen) atoms. The Balaban J connectivity index is 1.70. The van der Waals surface area contributed by atoms with E-state index in [-0.39, 0.29) is 23.5 Å². The van der Waals surface area contributed by atoms with Gasteiger partial charge in [0.15, 0.2) is 0 Å². The highest BCUT2D eigenvalue weighted by molar-refractivity contribution is 7.86. The first-order valence-electron chi connectivity index (χ1n) is 10.4. The molecule has 2 aromatic carbocycles. The molecule has 0 aliphatic heterocycles. The number of rotatable bonds is 6. The van der Waals surface area contributed by atoms with Crippen molar-refractivity contribution in [1.29, 1.82) is 0 Å². The normalized spacial score (nSPS) is 14.9. The van der Waals surface area contributed by atoms with E-state index in [4.69, 9.17) is 8.92 Å². The third-order valence-corrected chi connectivity index (χ3v) is 6.71. The Hall–Kier alpha value is -1.85. The van der Waals surface area contributed by atoms with Crippen LogP contribution in [0.2, 0.25) is 0 Å². The van der Waals surface area contributed by atoms with Crippen LogP contribution in [0.25, 0.3) is 0 Å². The van der Waals surface area contributed by atoms with Crippen LogP contribution in [0.5, 0.6) is 5.75 Å². The van der Waals surface area contributed by atoms with E-state index >= 15 is 0 Å². The highest BCUT2D eigenvalue weighted by Gasteiger charge is 2.21. The zero-order valence-electron chi connectivity index (χ0n) is 18.0. The summed E-state index contributed by atoms with van der Waals surface area (Å²) in [4.78, 5) is 0.174. The van der Waals surface area contributed by atoms with Crippen LogP contribution in [0.1, 0.15) is 62.3 Å². The van der Waals surface area contributed by atoms with Crippen LogP contribution in [0, 0.1) is 6.92 Å². The SMILES string of the molecule is Cc1ccc(S(=O)(=O)OCCOc2c3cc(C(C)(C)C)cc2CCCCC3)cc1. The van der Waals surface area contributed by atoms with Gasteiger partial charge in [-0.15, -0.1) is 0 Å². The zero-order valence-corrected chi connectivity index (χ0v) is 18.8. The molecule has 0 aromatic heterocycles. The molecule has 0 radical (unpaired) electrons. The van der Waals surface area contributed by atoms with Crippen LogP contribution in [0.3, 0.4) is 0 Å². The molecular weight excluding hydrogens is 384 g/mol. The van der Waals surface area contributed by atoms with Crippen molar-refractivity contribution < 1.29 is 17.3 Å². The van der Waals surface area contributed by atoms with Crippen LogP contribution in [-0.2, 0) is 32.6 Å². The molecule has 0 amide bonds. The molecule has 1 aliphatic rings. The molecule has 0 spiro atoms. The summed E-state index contributed by atoms with van der Waals surface area (Å²) < 4.78 is 35.9. The topological polar surface area (TPSA) is 52.6 Å². The average molecular weight is 417 g/mol. The molecule has 1 aliphatic carbocycles. The van der Waals surface area contributed by atoms with Crippen molar-refractivity contribution in [2.24, 2.45) is 0 Å². The van der Waals surface area contributed by atoms with Gasteiger partial charge in [-0.05, 0) is 66.8 Å². The molecular formula is C24H32O4S. The lowest BCUT2D eigenvalue weighted by atomic mass is 9.82. The van der Waals surface area contributed by atoms with E-state index in [1.165, 1.54) is 23.1 Å². The van der Waals surface area contributed by atoms with Crippen LogP contribution >= 0.6 is 0 Å². The lowest BCUT2D eigenvalue weighted by Gasteiger charge is -2.25. The van der Waals surface area contributed by atoms with Gasteiger partial charge in [-0.3, -0.25) is 4.18 Å². The fraction of sp³-hybridized carbons (Fsp3) is 0.500. The summed E-state index contributed by atoms with van der Waals surface area (Å²) in [5.74, 6) is 0.925. The van der Waals surface area contributed by atoms with Gasteiger partial charge in [-0.2, -0.15) is 8.42 Å². The Bertz CT molecular complexity index is 911. The Morgan fingerprint density at radius 2 is 1.48 bits per heavy atom. The van der Waals surface area contributed by atoms with Gasteiger partial charge in [-0.1, -0.05) is 57.0 Å². The highest BCUT2D eigenvalue weighted by Crippen LogP contribution is 2.35. The van der Waals surface area contributed by atoms with E-state index in [0.29, 0.717) is 0 Å². The summed E-state index contributed by atoms with van der Waals surface area (Å²) in [5.41, 5.74) is 4.89. The molecule has 0 atom stereocenters. The second-order valence-corrected chi connectivity index (χ2v) is 10.5. The lowest BCUT2D eigenvalue weighted by molar-refractivity contribution is 0.218. The number of hydrogen-bond acceptors (Lipinski definition) is 4. The molecule has 2 aromatic rings. The van der Waals surface area contributed by atoms with Crippen molar-refractivity contribution in [2.45, 2.75) is 70.1 Å². The van der Waals surface area contributed by atoms with E-state index in [2.05, 4.69) is 32.9 Å². The maximum absolute atomic E-state index is 12.3. The van der Waals surface area contributed by atoms with E-state index in [1.807, 2.05) is 6.92 Å². The number of benzene rings is 2. The first kappa shape index (κ1) is 21.8. The standard InChI is InChI=1S/C24H32O4S/c1-18-10-12-22(13-11-18)29(25,26)28-15-14-27-23-19-8-6-5-7-9-20(23)17-21(16-19)24(2,3)4/h10-13,16-17H,5-9,14-15H2,1-4H3. The van der Waals surface area contributed by atoms with Crippen LogP contribution in [0.4, 0.5) is 0 Å². The first-order chi connectivity index (χ1) is 13.7. The largest absolute Gasteiger partial charge is 0.491 e. The molecule has 3 rings (SSSR count). The molecule has 5 heteroatoms. The number of aryl methyl sites for hydroxylation is 3. The number of fused-ring (bicyclic) bond motifs is 2. The molecule has 0 fully saturated rings. The van der Waals surface area contributed by atoms with Gasteiger partial charge in [0.25, 0.3) is 10.1 Å². The average Bonchev–Trinajstić information content (AvgIpc) is 2.65. The van der Waals surface area contributed by atoms with Gasteiger partial charge >= 0.3 is 0 Å². The van der Waals surface area contributed by atoms with E-state index in [9.17, 15) is 8.42 Å². The molecule has 0 saturated heterocycles. The fourth-order valence-corrected chi connectivity index (χ4v) is 4.51. The molecule has 0 unspecified atom stereocenters. The van der Waals surface area contributed by atoms with E-state index in [1.54, 1.807) is 24.3 Å². The molecule has 158 valence electrons. The Morgan fingerprint density at radius 3 is 2.03 bits per heavy atom. The third kappa shape index (κ3) is 5.61. The smallest absolute Gasteiger partial charge is 0.297 e. The van der Waals surface area contributed by atoms with Gasteiger partial charge in [0.2, 0.25) is 0 Å². The third-order valence-electron chi connectivity index (χ3n) is 5.38. The van der Waals surface area contributed by atoms with Crippen LogP contribution in [0.15, 0.2) is 41.3 Å². The van der Waals surface area contributed by atoms with Crippen molar-refractivity contribution in [3.63, 3.8) is 0 Å². The minimum Gasteiger partial charge on any atom is -0.491 e. The number of hydrogen-bond donors (Lipinski definition) is 0. The first-order valence-corrected chi connectivity index (χ1v) is 11.8. The van der Waals surface area contributed by atoms with Crippen molar-refractivity contribution >= 4 is 10.1 Å². The van der Waals surface area contributed by atoms with Gasteiger partial charge in [0.05, 0.1) is 4.90 Å². The molecule has 0 N–H and O–H groups in total. The van der Waals surface area contributed by atoms with Gasteiger partial charge in [-0.25, -0.2) is 0 Å². The van der Waals surface area contributed by atoms with E-state index in [0.717, 1.165) is 37.0 Å². The van der Waals surface area contributed by atoms with Crippen molar-refractivity contribution in [2.75, 3.05) is 13.2 Å². The summed E-state index contributed by atoms with van der Waals surface area (Å²) in [6.07, 6.45) is 5.53. The lowest BCUT2D eigenvalue weighted by Crippen LogP contribution is -2.17.